The van der Waals surface area contributed by atoms with E-state index in [9.17, 15) is 9.00 Å². The number of furan rings is 1. The van der Waals surface area contributed by atoms with Gasteiger partial charge in [-0.2, -0.15) is 0 Å². The zero-order valence-electron chi connectivity index (χ0n) is 12.3. The predicted molar refractivity (Wildman–Crippen MR) is 89.9 cm³/mol. The van der Waals surface area contributed by atoms with Crippen LogP contribution < -0.4 is 4.72 Å². The van der Waals surface area contributed by atoms with E-state index in [1.807, 2.05) is 42.5 Å². The molecule has 3 aromatic rings. The molecule has 1 aromatic heterocycles. The van der Waals surface area contributed by atoms with Crippen LogP contribution in [0.25, 0.3) is 11.1 Å². The van der Waals surface area contributed by atoms with Crippen molar-refractivity contribution >= 4 is 16.9 Å². The molecule has 4 nitrogen and oxygen atoms in total. The summed E-state index contributed by atoms with van der Waals surface area (Å²) in [5.74, 6) is -0.0711. The Labute approximate surface area is 136 Å². The Morgan fingerprint density at radius 1 is 1.00 bits per heavy atom. The summed E-state index contributed by atoms with van der Waals surface area (Å²) in [6.07, 6.45) is 3.20. The van der Waals surface area contributed by atoms with E-state index in [0.29, 0.717) is 5.56 Å². The number of rotatable bonds is 5. The summed E-state index contributed by atoms with van der Waals surface area (Å²) < 4.78 is 19.7. The molecule has 23 heavy (non-hydrogen) atoms. The van der Waals surface area contributed by atoms with Gasteiger partial charge < -0.3 is 4.42 Å². The zero-order valence-corrected chi connectivity index (χ0v) is 13.1. The van der Waals surface area contributed by atoms with Crippen LogP contribution in [0.3, 0.4) is 0 Å². The van der Waals surface area contributed by atoms with Crippen molar-refractivity contribution in [1.82, 2.24) is 4.72 Å². The summed E-state index contributed by atoms with van der Waals surface area (Å²) >= 11 is 0. The molecule has 3 rings (SSSR count). The minimum absolute atomic E-state index is 0.286. The molecule has 0 bridgehead atoms. The van der Waals surface area contributed by atoms with E-state index >= 15 is 0 Å². The van der Waals surface area contributed by atoms with E-state index in [1.165, 1.54) is 0 Å². The maximum atomic E-state index is 12.2. The Balaban J connectivity index is 1.69. The fourth-order valence-corrected chi connectivity index (χ4v) is 3.08. The van der Waals surface area contributed by atoms with Gasteiger partial charge in [0.15, 0.2) is 0 Å². The van der Waals surface area contributed by atoms with Crippen molar-refractivity contribution in [3.8, 4) is 11.1 Å². The minimum Gasteiger partial charge on any atom is -0.472 e. The summed E-state index contributed by atoms with van der Waals surface area (Å²) in [5, 5.41) is 0. The topological polar surface area (TPSA) is 59.3 Å². The standard InChI is InChI=1S/C18H15NO3S/c20-18(19-23(21)13-14-5-2-1-3-6-14)16-8-4-7-15(11-16)17-9-10-22-12-17/h1-12H,13H2,(H,19,20)/t23-/m1/s1. The van der Waals surface area contributed by atoms with Crippen molar-refractivity contribution in [2.24, 2.45) is 0 Å². The van der Waals surface area contributed by atoms with Crippen LogP contribution in [0.4, 0.5) is 0 Å². The van der Waals surface area contributed by atoms with Gasteiger partial charge in [-0.15, -0.1) is 0 Å². The normalized spacial score (nSPS) is 11.8. The Bertz CT molecular complexity index is 813. The van der Waals surface area contributed by atoms with Crippen LogP contribution in [0.1, 0.15) is 15.9 Å². The summed E-state index contributed by atoms with van der Waals surface area (Å²) in [7, 11) is -1.46. The van der Waals surface area contributed by atoms with E-state index in [-0.39, 0.29) is 11.7 Å². The number of benzene rings is 2. The highest BCUT2D eigenvalue weighted by molar-refractivity contribution is 7.82. The molecule has 0 fully saturated rings. The summed E-state index contributed by atoms with van der Waals surface area (Å²) in [6.45, 7) is 0. The smallest absolute Gasteiger partial charge is 0.262 e. The number of carbonyl (C=O) groups is 1. The van der Waals surface area contributed by atoms with Gasteiger partial charge in [-0.05, 0) is 29.3 Å². The second kappa shape index (κ2) is 7.07. The second-order valence-electron chi connectivity index (χ2n) is 5.00. The fraction of sp³-hybridized carbons (Fsp3) is 0.0556. The number of carbonyl (C=O) groups excluding carboxylic acids is 1. The zero-order chi connectivity index (χ0) is 16.1. The van der Waals surface area contributed by atoms with E-state index < -0.39 is 11.0 Å². The van der Waals surface area contributed by atoms with Crippen LogP contribution >= 0.6 is 0 Å². The molecular weight excluding hydrogens is 310 g/mol. The van der Waals surface area contributed by atoms with Gasteiger partial charge in [-0.25, -0.2) is 4.21 Å². The molecule has 2 aromatic carbocycles. The first-order valence-electron chi connectivity index (χ1n) is 7.08. The first-order valence-corrected chi connectivity index (χ1v) is 8.40. The lowest BCUT2D eigenvalue weighted by Gasteiger charge is -2.06. The highest BCUT2D eigenvalue weighted by Gasteiger charge is 2.11. The van der Waals surface area contributed by atoms with Gasteiger partial charge in [-0.1, -0.05) is 42.5 Å². The highest BCUT2D eigenvalue weighted by atomic mass is 32.2. The molecule has 0 unspecified atom stereocenters. The number of hydrogen-bond acceptors (Lipinski definition) is 3. The van der Waals surface area contributed by atoms with Gasteiger partial charge >= 0.3 is 0 Å². The Morgan fingerprint density at radius 2 is 1.83 bits per heavy atom. The second-order valence-corrected chi connectivity index (χ2v) is 6.18. The van der Waals surface area contributed by atoms with Gasteiger partial charge in [0.05, 0.1) is 18.3 Å². The maximum absolute atomic E-state index is 12.2. The Kier molecular flexibility index (Phi) is 4.68. The number of amides is 1. The molecular formula is C18H15NO3S. The average Bonchev–Trinajstić information content (AvgIpc) is 3.10. The average molecular weight is 325 g/mol. The van der Waals surface area contributed by atoms with E-state index in [4.69, 9.17) is 4.42 Å². The van der Waals surface area contributed by atoms with Gasteiger partial charge in [0.2, 0.25) is 0 Å². The summed E-state index contributed by atoms with van der Waals surface area (Å²) in [5.41, 5.74) is 3.15. The quantitative estimate of drug-likeness (QED) is 0.780. The molecule has 1 atom stereocenters. The highest BCUT2D eigenvalue weighted by Crippen LogP contribution is 2.20. The SMILES string of the molecule is O=C(N[S@](=O)Cc1ccccc1)c1cccc(-c2ccoc2)c1. The molecule has 0 aliphatic carbocycles. The molecule has 1 amide bonds. The third-order valence-corrected chi connectivity index (χ3v) is 4.33. The van der Waals surface area contributed by atoms with E-state index in [0.717, 1.165) is 16.7 Å². The Morgan fingerprint density at radius 3 is 2.57 bits per heavy atom. The van der Waals surface area contributed by atoms with Crippen LogP contribution in [0.15, 0.2) is 77.6 Å². The van der Waals surface area contributed by atoms with Crippen molar-refractivity contribution in [2.45, 2.75) is 5.75 Å². The first kappa shape index (κ1) is 15.2. The molecule has 5 heteroatoms. The van der Waals surface area contributed by atoms with Crippen LogP contribution in [0.2, 0.25) is 0 Å². The molecule has 116 valence electrons. The third-order valence-electron chi connectivity index (χ3n) is 3.33. The third kappa shape index (κ3) is 3.96. The van der Waals surface area contributed by atoms with Gasteiger partial charge in [0, 0.05) is 11.1 Å². The van der Waals surface area contributed by atoms with Gasteiger partial charge in [0.1, 0.15) is 11.0 Å². The van der Waals surface area contributed by atoms with E-state index in [2.05, 4.69) is 4.72 Å². The fourth-order valence-electron chi connectivity index (χ4n) is 2.19. The largest absolute Gasteiger partial charge is 0.472 e. The monoisotopic (exact) mass is 325 g/mol. The first-order chi connectivity index (χ1) is 11.2. The molecule has 1 heterocycles. The molecule has 0 radical (unpaired) electrons. The molecule has 0 aliphatic heterocycles. The molecule has 0 spiro atoms. The van der Waals surface area contributed by atoms with Crippen LogP contribution in [-0.2, 0) is 16.7 Å². The molecule has 0 saturated heterocycles. The molecule has 0 saturated carbocycles. The Hall–Kier alpha value is -2.66. The summed E-state index contributed by atoms with van der Waals surface area (Å²) in [4.78, 5) is 12.2. The maximum Gasteiger partial charge on any atom is 0.262 e. The van der Waals surface area contributed by atoms with E-state index in [1.54, 1.807) is 30.7 Å². The molecule has 1 N–H and O–H groups in total. The lowest BCUT2D eigenvalue weighted by molar-refractivity contribution is 0.0983. The summed E-state index contributed by atoms with van der Waals surface area (Å²) in [6, 6.07) is 18.4. The molecule has 0 aliphatic rings. The van der Waals surface area contributed by atoms with Gasteiger partial charge in [-0.3, -0.25) is 9.52 Å². The minimum atomic E-state index is -1.46. The predicted octanol–water partition coefficient (Wildman–Crippen LogP) is 3.54. The van der Waals surface area contributed by atoms with Crippen molar-refractivity contribution in [3.05, 3.63) is 84.3 Å². The van der Waals surface area contributed by atoms with Crippen LogP contribution in [-0.4, -0.2) is 10.1 Å². The lowest BCUT2D eigenvalue weighted by atomic mass is 10.1. The van der Waals surface area contributed by atoms with Crippen LogP contribution in [0, 0.1) is 0 Å². The van der Waals surface area contributed by atoms with Crippen molar-refractivity contribution in [1.29, 1.82) is 0 Å². The van der Waals surface area contributed by atoms with Crippen molar-refractivity contribution < 1.29 is 13.4 Å². The lowest BCUT2D eigenvalue weighted by Crippen LogP contribution is -2.26. The number of hydrogen-bond donors (Lipinski definition) is 1. The van der Waals surface area contributed by atoms with Crippen molar-refractivity contribution in [3.63, 3.8) is 0 Å². The number of nitrogens with one attached hydrogen (secondary N) is 1. The van der Waals surface area contributed by atoms with Crippen molar-refractivity contribution in [2.75, 3.05) is 0 Å². The van der Waals surface area contributed by atoms with Gasteiger partial charge in [0.25, 0.3) is 5.91 Å². The van der Waals surface area contributed by atoms with Crippen LogP contribution in [0.5, 0.6) is 0 Å².